The molecule has 11 heteroatoms. The Morgan fingerprint density at radius 2 is 1.79 bits per heavy atom. The molecule has 2 aromatic carbocycles. The van der Waals surface area contributed by atoms with Crippen molar-refractivity contribution in [1.29, 1.82) is 0 Å². The lowest BCUT2D eigenvalue weighted by Crippen LogP contribution is -2.21. The molecule has 0 radical (unpaired) electrons. The molecule has 0 saturated carbocycles. The van der Waals surface area contributed by atoms with E-state index in [0.29, 0.717) is 28.4 Å². The second-order valence-electron chi connectivity index (χ2n) is 7.12. The number of anilines is 1. The lowest BCUT2D eigenvalue weighted by Gasteiger charge is -2.13. The Morgan fingerprint density at radius 1 is 1.06 bits per heavy atom. The van der Waals surface area contributed by atoms with Gasteiger partial charge in [0.15, 0.2) is 5.76 Å². The first-order valence-electron chi connectivity index (χ1n) is 9.70. The number of nitrogens with zero attached hydrogens (tertiary/aromatic N) is 3. The Hall–Kier alpha value is -3.99. The van der Waals surface area contributed by atoms with Crippen LogP contribution in [0.5, 0.6) is 5.75 Å². The second-order valence-corrected chi connectivity index (χ2v) is 8.77. The number of hydrogen-bond donors (Lipinski definition) is 1. The van der Waals surface area contributed by atoms with Crippen molar-refractivity contribution < 1.29 is 22.1 Å². The van der Waals surface area contributed by atoms with Crippen molar-refractivity contribution in [2.24, 2.45) is 0 Å². The summed E-state index contributed by atoms with van der Waals surface area (Å²) in [7, 11) is -2.74. The molecule has 0 aliphatic heterocycles. The predicted molar refractivity (Wildman–Crippen MR) is 119 cm³/mol. The van der Waals surface area contributed by atoms with Crippen LogP contribution in [0.3, 0.4) is 0 Å². The van der Waals surface area contributed by atoms with Gasteiger partial charge in [0.05, 0.1) is 12.8 Å². The minimum absolute atomic E-state index is 0.104. The lowest BCUT2D eigenvalue weighted by atomic mass is 10.1. The van der Waals surface area contributed by atoms with Gasteiger partial charge in [-0.2, -0.15) is 9.78 Å². The van der Waals surface area contributed by atoms with Crippen LogP contribution in [0.1, 0.15) is 11.5 Å². The second kappa shape index (κ2) is 8.51. The molecule has 9 nitrogen and oxygen atoms in total. The third kappa shape index (κ3) is 4.35. The average molecular weight is 470 g/mol. The maximum absolute atomic E-state index is 13.2. The largest absolute Gasteiger partial charge is 0.495 e. The van der Waals surface area contributed by atoms with E-state index < -0.39 is 21.4 Å². The average Bonchev–Trinajstić information content (AvgIpc) is 3.13. The Bertz CT molecular complexity index is 1470. The van der Waals surface area contributed by atoms with Crippen LogP contribution in [0.15, 0.2) is 68.8 Å². The van der Waals surface area contributed by atoms with E-state index in [2.05, 4.69) is 15.0 Å². The Kier molecular flexibility index (Phi) is 5.73. The molecule has 1 N–H and O–H groups in total. The highest BCUT2D eigenvalue weighted by Gasteiger charge is 2.22. The third-order valence-electron chi connectivity index (χ3n) is 4.85. The number of benzene rings is 2. The van der Waals surface area contributed by atoms with Gasteiger partial charge in [0.1, 0.15) is 27.8 Å². The van der Waals surface area contributed by atoms with Crippen LogP contribution in [-0.4, -0.2) is 30.5 Å². The molecule has 0 amide bonds. The molecule has 0 saturated heterocycles. The van der Waals surface area contributed by atoms with Crippen LogP contribution < -0.4 is 15.0 Å². The number of rotatable bonds is 6. The fourth-order valence-corrected chi connectivity index (χ4v) is 4.53. The summed E-state index contributed by atoms with van der Waals surface area (Å²) in [6, 6.07) is 12.2. The molecule has 2 aromatic heterocycles. The van der Waals surface area contributed by atoms with E-state index in [0.717, 1.165) is 16.8 Å². The number of ether oxygens (including phenoxy) is 1. The number of sulfonamides is 1. The van der Waals surface area contributed by atoms with E-state index in [4.69, 9.17) is 9.26 Å². The number of nitrogens with one attached hydrogen (secondary N) is 1. The first kappa shape index (κ1) is 22.2. The fraction of sp³-hybridized carbons (Fsp3) is 0.136. The molecular weight excluding hydrogens is 451 g/mol. The number of halogens is 1. The molecule has 4 aromatic rings. The monoisotopic (exact) mass is 470 g/mol. The van der Waals surface area contributed by atoms with Crippen LogP contribution >= 0.6 is 0 Å². The van der Waals surface area contributed by atoms with E-state index in [9.17, 15) is 17.6 Å². The molecule has 33 heavy (non-hydrogen) atoms. The van der Waals surface area contributed by atoms with E-state index in [1.165, 1.54) is 43.5 Å². The maximum atomic E-state index is 13.2. The summed E-state index contributed by atoms with van der Waals surface area (Å²) in [6.45, 7) is 3.35. The van der Waals surface area contributed by atoms with Crippen LogP contribution in [-0.2, 0) is 10.0 Å². The molecule has 0 bridgehead atoms. The quantitative estimate of drug-likeness (QED) is 0.459. The zero-order valence-corrected chi connectivity index (χ0v) is 18.7. The van der Waals surface area contributed by atoms with Crippen molar-refractivity contribution in [1.82, 2.24) is 14.9 Å². The molecule has 2 heterocycles. The molecular formula is C22H19FN4O5S. The first-order valence-corrected chi connectivity index (χ1v) is 11.2. The smallest absolute Gasteiger partial charge is 0.271 e. The molecule has 0 unspecified atom stereocenters. The van der Waals surface area contributed by atoms with Crippen molar-refractivity contribution in [2.75, 3.05) is 11.8 Å². The molecule has 0 atom stereocenters. The minimum atomic E-state index is -4.09. The molecule has 0 aliphatic rings. The van der Waals surface area contributed by atoms with Gasteiger partial charge in [-0.05, 0) is 62.4 Å². The number of hydrogen-bond acceptors (Lipinski definition) is 7. The summed E-state index contributed by atoms with van der Waals surface area (Å²) >= 11 is 0. The number of aromatic nitrogens is 3. The van der Waals surface area contributed by atoms with Gasteiger partial charge in [-0.15, -0.1) is 0 Å². The topological polar surface area (TPSA) is 116 Å². The van der Waals surface area contributed by atoms with Gasteiger partial charge >= 0.3 is 0 Å². The zero-order valence-electron chi connectivity index (χ0n) is 17.9. The van der Waals surface area contributed by atoms with Crippen molar-refractivity contribution in [3.8, 4) is 22.7 Å². The summed E-state index contributed by atoms with van der Waals surface area (Å²) in [5.74, 6) is 0.0326. The van der Waals surface area contributed by atoms with Crippen molar-refractivity contribution in [2.45, 2.75) is 18.7 Å². The zero-order chi connectivity index (χ0) is 23.8. The van der Waals surface area contributed by atoms with Gasteiger partial charge in [-0.3, -0.25) is 9.52 Å². The first-order chi connectivity index (χ1) is 15.7. The van der Waals surface area contributed by atoms with Gasteiger partial charge in [-0.25, -0.2) is 12.8 Å². The van der Waals surface area contributed by atoms with Crippen molar-refractivity contribution in [3.05, 3.63) is 82.2 Å². The Morgan fingerprint density at radius 3 is 2.42 bits per heavy atom. The summed E-state index contributed by atoms with van der Waals surface area (Å²) in [5.41, 5.74) is 1.47. The highest BCUT2D eigenvalue weighted by atomic mass is 32.2. The van der Waals surface area contributed by atoms with Gasteiger partial charge in [-0.1, -0.05) is 5.16 Å². The van der Waals surface area contributed by atoms with Gasteiger partial charge < -0.3 is 9.26 Å². The maximum Gasteiger partial charge on any atom is 0.271 e. The lowest BCUT2D eigenvalue weighted by molar-refractivity contribution is 0.392. The molecule has 170 valence electrons. The minimum Gasteiger partial charge on any atom is -0.495 e. The van der Waals surface area contributed by atoms with Gasteiger partial charge in [0.25, 0.3) is 15.6 Å². The Balaban J connectivity index is 1.80. The Labute approximate surface area is 188 Å². The van der Waals surface area contributed by atoms with Gasteiger partial charge in [0, 0.05) is 17.3 Å². The highest BCUT2D eigenvalue weighted by molar-refractivity contribution is 7.92. The van der Waals surface area contributed by atoms with Crippen LogP contribution in [0.25, 0.3) is 16.9 Å². The van der Waals surface area contributed by atoms with E-state index in [1.807, 2.05) is 0 Å². The van der Waals surface area contributed by atoms with Crippen molar-refractivity contribution in [3.63, 3.8) is 0 Å². The van der Waals surface area contributed by atoms with Crippen LogP contribution in [0.2, 0.25) is 0 Å². The molecule has 0 aliphatic carbocycles. The summed E-state index contributed by atoms with van der Waals surface area (Å²) in [5, 5.41) is 8.23. The molecule has 0 spiro atoms. The van der Waals surface area contributed by atoms with E-state index in [-0.39, 0.29) is 16.3 Å². The van der Waals surface area contributed by atoms with E-state index >= 15 is 0 Å². The fourth-order valence-electron chi connectivity index (χ4n) is 3.28. The SMILES string of the molecule is COc1ccc(-c2ccc(=O)n(-c3c(C)noc3C)n2)cc1S(=O)(=O)Nc1ccc(F)cc1. The van der Waals surface area contributed by atoms with E-state index in [1.54, 1.807) is 19.9 Å². The molecule has 4 rings (SSSR count). The summed E-state index contributed by atoms with van der Waals surface area (Å²) in [6.07, 6.45) is 0. The standard InChI is InChI=1S/C22H19FN4O5S/c1-13-22(14(2)32-25-13)27-21(28)11-9-18(24-27)15-4-10-19(31-3)20(12-15)33(29,30)26-17-7-5-16(23)6-8-17/h4-12,26H,1-3H3. The molecule has 0 fully saturated rings. The third-order valence-corrected chi connectivity index (χ3v) is 6.26. The number of aryl methyl sites for hydroxylation is 2. The number of methoxy groups -OCH3 is 1. The summed E-state index contributed by atoms with van der Waals surface area (Å²) < 4.78 is 53.2. The highest BCUT2D eigenvalue weighted by Crippen LogP contribution is 2.30. The summed E-state index contributed by atoms with van der Waals surface area (Å²) in [4.78, 5) is 12.3. The van der Waals surface area contributed by atoms with Crippen LogP contribution in [0.4, 0.5) is 10.1 Å². The van der Waals surface area contributed by atoms with Crippen LogP contribution in [0, 0.1) is 19.7 Å². The normalized spacial score (nSPS) is 11.4. The predicted octanol–water partition coefficient (Wildman–Crippen LogP) is 3.45. The van der Waals surface area contributed by atoms with Crippen molar-refractivity contribution >= 4 is 15.7 Å². The van der Waals surface area contributed by atoms with Gasteiger partial charge in [0.2, 0.25) is 0 Å².